The van der Waals surface area contributed by atoms with Crippen LogP contribution in [-0.4, -0.2) is 38.7 Å². The fourth-order valence-electron chi connectivity index (χ4n) is 2.36. The lowest BCUT2D eigenvalue weighted by Crippen LogP contribution is -2.32. The van der Waals surface area contributed by atoms with Crippen molar-refractivity contribution in [3.05, 3.63) is 18.2 Å². The maximum Gasteiger partial charge on any atom is 0.269 e. The van der Waals surface area contributed by atoms with Gasteiger partial charge in [-0.2, -0.15) is 5.10 Å². The number of piperidine rings is 1. The summed E-state index contributed by atoms with van der Waals surface area (Å²) in [5.74, 6) is -0.544. The largest absolute Gasteiger partial charge is 0.364 e. The summed E-state index contributed by atoms with van der Waals surface area (Å²) in [4.78, 5) is 19.5. The van der Waals surface area contributed by atoms with Crippen molar-refractivity contribution in [1.82, 2.24) is 25.1 Å². The Labute approximate surface area is 103 Å². The van der Waals surface area contributed by atoms with Crippen molar-refractivity contribution in [2.75, 3.05) is 13.1 Å². The zero-order valence-corrected chi connectivity index (χ0v) is 9.83. The summed E-state index contributed by atoms with van der Waals surface area (Å²) in [6.07, 6.45) is 5.15. The quantitative estimate of drug-likeness (QED) is 0.767. The number of primary amides is 1. The van der Waals surface area contributed by atoms with E-state index < -0.39 is 5.91 Å². The van der Waals surface area contributed by atoms with E-state index in [4.69, 9.17) is 5.73 Å². The first-order chi connectivity index (χ1) is 8.77. The lowest BCUT2D eigenvalue weighted by molar-refractivity contribution is 0.0995. The van der Waals surface area contributed by atoms with Gasteiger partial charge >= 0.3 is 0 Å². The predicted molar refractivity (Wildman–Crippen MR) is 65.0 cm³/mol. The van der Waals surface area contributed by atoms with Gasteiger partial charge in [0.2, 0.25) is 0 Å². The third-order valence-corrected chi connectivity index (χ3v) is 3.22. The fraction of sp³-hybridized carbons (Fsp3) is 0.455. The molecule has 0 bridgehead atoms. The lowest BCUT2D eigenvalue weighted by Gasteiger charge is -2.23. The maximum absolute atomic E-state index is 11.4. The SMILES string of the molecule is NC(=O)c1nn(C2CCCNC2)c2ncncc12. The molecular weight excluding hydrogens is 232 g/mol. The second kappa shape index (κ2) is 4.34. The second-order valence-corrected chi connectivity index (χ2v) is 4.42. The Morgan fingerprint density at radius 2 is 2.44 bits per heavy atom. The zero-order valence-electron chi connectivity index (χ0n) is 9.83. The molecule has 1 fully saturated rings. The van der Waals surface area contributed by atoms with E-state index >= 15 is 0 Å². The molecule has 1 saturated heterocycles. The monoisotopic (exact) mass is 246 g/mol. The summed E-state index contributed by atoms with van der Waals surface area (Å²) < 4.78 is 1.79. The van der Waals surface area contributed by atoms with E-state index in [0.717, 1.165) is 25.9 Å². The van der Waals surface area contributed by atoms with Gasteiger partial charge in [-0.05, 0) is 19.4 Å². The smallest absolute Gasteiger partial charge is 0.269 e. The first kappa shape index (κ1) is 11.1. The van der Waals surface area contributed by atoms with Crippen LogP contribution < -0.4 is 11.1 Å². The van der Waals surface area contributed by atoms with Gasteiger partial charge in [0.1, 0.15) is 6.33 Å². The highest BCUT2D eigenvalue weighted by Gasteiger charge is 2.22. The van der Waals surface area contributed by atoms with Crippen LogP contribution in [0.25, 0.3) is 11.0 Å². The first-order valence-electron chi connectivity index (χ1n) is 5.96. The van der Waals surface area contributed by atoms with Crippen molar-refractivity contribution in [3.8, 4) is 0 Å². The molecule has 1 unspecified atom stereocenters. The third kappa shape index (κ3) is 1.72. The average Bonchev–Trinajstić information content (AvgIpc) is 2.79. The van der Waals surface area contributed by atoms with Crippen molar-refractivity contribution in [3.63, 3.8) is 0 Å². The van der Waals surface area contributed by atoms with E-state index in [1.165, 1.54) is 6.33 Å². The van der Waals surface area contributed by atoms with E-state index in [-0.39, 0.29) is 11.7 Å². The number of carbonyl (C=O) groups excluding carboxylic acids is 1. The normalized spacial score (nSPS) is 20.1. The number of carbonyl (C=O) groups is 1. The summed E-state index contributed by atoms with van der Waals surface area (Å²) in [5.41, 5.74) is 6.26. The molecule has 0 aliphatic carbocycles. The Kier molecular flexibility index (Phi) is 2.67. The summed E-state index contributed by atoms with van der Waals surface area (Å²) in [6, 6.07) is 0.212. The number of fused-ring (bicyclic) bond motifs is 1. The van der Waals surface area contributed by atoms with Crippen molar-refractivity contribution in [1.29, 1.82) is 0 Å². The van der Waals surface area contributed by atoms with Gasteiger partial charge in [0.25, 0.3) is 5.91 Å². The van der Waals surface area contributed by atoms with Crippen molar-refractivity contribution in [2.24, 2.45) is 5.73 Å². The molecular formula is C11H14N6O. The Balaban J connectivity index is 2.13. The number of hydrogen-bond acceptors (Lipinski definition) is 5. The molecule has 1 atom stereocenters. The molecule has 0 saturated carbocycles. The zero-order chi connectivity index (χ0) is 12.5. The summed E-state index contributed by atoms with van der Waals surface area (Å²) in [5, 5.41) is 8.25. The van der Waals surface area contributed by atoms with E-state index in [0.29, 0.717) is 11.0 Å². The van der Waals surface area contributed by atoms with Gasteiger partial charge in [0.05, 0.1) is 11.4 Å². The van der Waals surface area contributed by atoms with Gasteiger partial charge in [-0.15, -0.1) is 0 Å². The van der Waals surface area contributed by atoms with E-state index in [9.17, 15) is 4.79 Å². The van der Waals surface area contributed by atoms with E-state index in [1.807, 2.05) is 0 Å². The Morgan fingerprint density at radius 1 is 1.56 bits per heavy atom. The molecule has 18 heavy (non-hydrogen) atoms. The van der Waals surface area contributed by atoms with Crippen LogP contribution in [0.2, 0.25) is 0 Å². The minimum absolute atomic E-state index is 0.212. The van der Waals surface area contributed by atoms with Crippen LogP contribution in [0.3, 0.4) is 0 Å². The van der Waals surface area contributed by atoms with Crippen LogP contribution in [0.15, 0.2) is 12.5 Å². The number of nitrogens with zero attached hydrogens (tertiary/aromatic N) is 4. The molecule has 1 amide bonds. The minimum Gasteiger partial charge on any atom is -0.364 e. The molecule has 0 aromatic carbocycles. The molecule has 0 spiro atoms. The van der Waals surface area contributed by atoms with Gasteiger partial charge < -0.3 is 11.1 Å². The van der Waals surface area contributed by atoms with Gasteiger partial charge in [-0.3, -0.25) is 4.79 Å². The van der Waals surface area contributed by atoms with Crippen molar-refractivity contribution >= 4 is 16.9 Å². The maximum atomic E-state index is 11.4. The number of aromatic nitrogens is 4. The van der Waals surface area contributed by atoms with Crippen LogP contribution in [0, 0.1) is 0 Å². The molecule has 7 nitrogen and oxygen atoms in total. The summed E-state index contributed by atoms with van der Waals surface area (Å²) in [7, 11) is 0. The highest BCUT2D eigenvalue weighted by atomic mass is 16.1. The minimum atomic E-state index is -0.544. The highest BCUT2D eigenvalue weighted by molar-refractivity contribution is 6.02. The molecule has 0 radical (unpaired) electrons. The first-order valence-corrected chi connectivity index (χ1v) is 5.96. The summed E-state index contributed by atoms with van der Waals surface area (Å²) in [6.45, 7) is 1.85. The third-order valence-electron chi connectivity index (χ3n) is 3.22. The molecule has 3 rings (SSSR count). The van der Waals surface area contributed by atoms with Crippen LogP contribution in [0.4, 0.5) is 0 Å². The van der Waals surface area contributed by atoms with Crippen molar-refractivity contribution in [2.45, 2.75) is 18.9 Å². The molecule has 1 aliphatic rings. The van der Waals surface area contributed by atoms with Crippen LogP contribution in [0.5, 0.6) is 0 Å². The molecule has 7 heteroatoms. The van der Waals surface area contributed by atoms with E-state index in [2.05, 4.69) is 20.4 Å². The molecule has 2 aromatic rings. The fourth-order valence-corrected chi connectivity index (χ4v) is 2.36. The van der Waals surface area contributed by atoms with Crippen molar-refractivity contribution < 1.29 is 4.79 Å². The number of hydrogen-bond donors (Lipinski definition) is 2. The van der Waals surface area contributed by atoms with Gasteiger partial charge in [0.15, 0.2) is 11.3 Å². The number of nitrogens with one attached hydrogen (secondary N) is 1. The van der Waals surface area contributed by atoms with Gasteiger partial charge in [-0.25, -0.2) is 14.6 Å². The standard InChI is InChI=1S/C11H14N6O/c12-10(18)9-8-5-14-6-15-11(8)17(16-9)7-2-1-3-13-4-7/h5-7,13H,1-4H2,(H2,12,18). The predicted octanol–water partition coefficient (Wildman–Crippen LogP) is -0.150. The Bertz CT molecular complexity index is 586. The lowest BCUT2D eigenvalue weighted by atomic mass is 10.1. The molecule has 3 heterocycles. The molecule has 94 valence electrons. The number of nitrogens with two attached hydrogens (primary N) is 1. The highest BCUT2D eigenvalue weighted by Crippen LogP contribution is 2.22. The Morgan fingerprint density at radius 3 is 3.17 bits per heavy atom. The van der Waals surface area contributed by atoms with Crippen LogP contribution in [0.1, 0.15) is 29.4 Å². The summed E-state index contributed by atoms with van der Waals surface area (Å²) >= 11 is 0. The molecule has 3 N–H and O–H groups in total. The topological polar surface area (TPSA) is 98.7 Å². The van der Waals surface area contributed by atoms with E-state index in [1.54, 1.807) is 10.9 Å². The Hall–Kier alpha value is -2.02. The van der Waals surface area contributed by atoms with Gasteiger partial charge in [0, 0.05) is 12.7 Å². The number of amides is 1. The average molecular weight is 246 g/mol. The second-order valence-electron chi connectivity index (χ2n) is 4.42. The van der Waals surface area contributed by atoms with Crippen LogP contribution in [-0.2, 0) is 0 Å². The molecule has 1 aliphatic heterocycles. The molecule has 2 aromatic heterocycles. The van der Waals surface area contributed by atoms with Crippen LogP contribution >= 0.6 is 0 Å². The number of rotatable bonds is 2. The van der Waals surface area contributed by atoms with Gasteiger partial charge in [-0.1, -0.05) is 0 Å².